The van der Waals surface area contributed by atoms with Gasteiger partial charge in [0.15, 0.2) is 0 Å². The molecule has 0 spiro atoms. The van der Waals surface area contributed by atoms with Crippen molar-refractivity contribution in [1.82, 2.24) is 24.8 Å². The van der Waals surface area contributed by atoms with Crippen molar-refractivity contribution in [2.45, 2.75) is 52.1 Å². The number of hydrogen-bond donors (Lipinski definition) is 0. The lowest BCUT2D eigenvalue weighted by atomic mass is 9.96. The predicted molar refractivity (Wildman–Crippen MR) is 78.8 cm³/mol. The molecule has 6 nitrogen and oxygen atoms in total. The molecule has 3 rings (SSSR count). The van der Waals surface area contributed by atoms with E-state index in [-0.39, 0.29) is 0 Å². The van der Waals surface area contributed by atoms with E-state index in [0.29, 0.717) is 5.92 Å². The van der Waals surface area contributed by atoms with Crippen LogP contribution in [0.4, 0.5) is 0 Å². The number of hydrogen-bond acceptors (Lipinski definition) is 5. The molecule has 0 N–H and O–H groups in total. The molecule has 3 heterocycles. The zero-order valence-corrected chi connectivity index (χ0v) is 12.8. The highest BCUT2D eigenvalue weighted by Crippen LogP contribution is 2.26. The molecule has 2 aromatic rings. The summed E-state index contributed by atoms with van der Waals surface area (Å²) in [4.78, 5) is 2.48. The smallest absolute Gasteiger partial charge is 0.137 e. The molecule has 1 saturated heterocycles. The van der Waals surface area contributed by atoms with E-state index in [0.717, 1.165) is 44.1 Å². The Balaban J connectivity index is 1.68. The van der Waals surface area contributed by atoms with Crippen molar-refractivity contribution in [3.05, 3.63) is 29.7 Å². The molecule has 1 atom stereocenters. The maximum Gasteiger partial charge on any atom is 0.137 e. The predicted octanol–water partition coefficient (Wildman–Crippen LogP) is 2.23. The van der Waals surface area contributed by atoms with Crippen LogP contribution in [-0.2, 0) is 19.5 Å². The minimum atomic E-state index is 0.478. The highest BCUT2D eigenvalue weighted by Gasteiger charge is 2.25. The van der Waals surface area contributed by atoms with Crippen LogP contribution in [0.2, 0.25) is 0 Å². The van der Waals surface area contributed by atoms with E-state index < -0.39 is 0 Å². The average Bonchev–Trinajstić information content (AvgIpc) is 3.15. The Morgan fingerprint density at radius 3 is 3.10 bits per heavy atom. The van der Waals surface area contributed by atoms with Crippen molar-refractivity contribution in [3.8, 4) is 0 Å². The monoisotopic (exact) mass is 289 g/mol. The molecule has 1 unspecified atom stereocenters. The van der Waals surface area contributed by atoms with Gasteiger partial charge in [0, 0.05) is 31.1 Å². The highest BCUT2D eigenvalue weighted by molar-refractivity contribution is 5.14. The van der Waals surface area contributed by atoms with Gasteiger partial charge in [0.05, 0.1) is 5.69 Å². The Labute approximate surface area is 125 Å². The minimum Gasteiger partial charge on any atom is -0.364 e. The summed E-state index contributed by atoms with van der Waals surface area (Å²) in [6, 6.07) is 0. The summed E-state index contributed by atoms with van der Waals surface area (Å²) in [5.41, 5.74) is 2.30. The van der Waals surface area contributed by atoms with Gasteiger partial charge in [-0.15, -0.1) is 10.2 Å². The van der Waals surface area contributed by atoms with Gasteiger partial charge in [-0.25, -0.2) is 0 Å². The third-order valence-electron chi connectivity index (χ3n) is 4.31. The highest BCUT2D eigenvalue weighted by atomic mass is 16.5. The Bertz CT molecular complexity index is 576. The zero-order valence-electron chi connectivity index (χ0n) is 12.8. The van der Waals surface area contributed by atoms with Crippen molar-refractivity contribution in [3.63, 3.8) is 0 Å². The van der Waals surface area contributed by atoms with E-state index in [2.05, 4.69) is 38.7 Å². The quantitative estimate of drug-likeness (QED) is 0.844. The first kappa shape index (κ1) is 14.3. The van der Waals surface area contributed by atoms with E-state index in [1.165, 1.54) is 18.4 Å². The first-order valence-corrected chi connectivity index (χ1v) is 7.84. The number of rotatable bonds is 5. The van der Waals surface area contributed by atoms with Crippen LogP contribution in [0.3, 0.4) is 0 Å². The Morgan fingerprint density at radius 2 is 2.29 bits per heavy atom. The normalized spacial score (nSPS) is 20.0. The molecule has 0 amide bonds. The number of aromatic nitrogens is 4. The molecule has 114 valence electrons. The molecular weight excluding hydrogens is 266 g/mol. The molecule has 1 aliphatic heterocycles. The van der Waals surface area contributed by atoms with Gasteiger partial charge in [-0.3, -0.25) is 4.90 Å². The molecule has 0 saturated carbocycles. The lowest BCUT2D eigenvalue weighted by molar-refractivity contribution is 0.194. The molecule has 2 aromatic heterocycles. The summed E-state index contributed by atoms with van der Waals surface area (Å²) < 4.78 is 7.27. The van der Waals surface area contributed by atoms with Crippen LogP contribution in [0.15, 0.2) is 17.1 Å². The average molecular weight is 289 g/mol. The molecule has 6 heteroatoms. The molecule has 21 heavy (non-hydrogen) atoms. The van der Waals surface area contributed by atoms with E-state index in [4.69, 9.17) is 4.52 Å². The number of likely N-dealkylation sites (tertiary alicyclic amines) is 1. The number of piperidine rings is 1. The van der Waals surface area contributed by atoms with E-state index in [1.54, 1.807) is 6.26 Å². The lowest BCUT2D eigenvalue weighted by Gasteiger charge is -2.32. The van der Waals surface area contributed by atoms with Gasteiger partial charge < -0.3 is 9.09 Å². The van der Waals surface area contributed by atoms with Crippen LogP contribution in [0.5, 0.6) is 0 Å². The largest absolute Gasteiger partial charge is 0.364 e. The Kier molecular flexibility index (Phi) is 4.34. The van der Waals surface area contributed by atoms with Crippen LogP contribution in [0, 0.1) is 0 Å². The first-order chi connectivity index (χ1) is 10.3. The van der Waals surface area contributed by atoms with Gasteiger partial charge in [0.25, 0.3) is 0 Å². The molecule has 0 radical (unpaired) electrons. The summed E-state index contributed by atoms with van der Waals surface area (Å²) in [5.74, 6) is 1.61. The zero-order chi connectivity index (χ0) is 14.7. The van der Waals surface area contributed by atoms with Gasteiger partial charge in [-0.05, 0) is 32.7 Å². The van der Waals surface area contributed by atoms with Crippen LogP contribution < -0.4 is 0 Å². The summed E-state index contributed by atoms with van der Waals surface area (Å²) in [6.07, 6.45) is 6.95. The third-order valence-corrected chi connectivity index (χ3v) is 4.31. The standard InChI is InChI=1S/C15H23N5O/c1-3-14-13(10-21-18-14)9-19-7-5-6-12(8-19)15-17-16-11-20(15)4-2/h10-12H,3-9H2,1-2H3. The second-order valence-electron chi connectivity index (χ2n) is 5.69. The summed E-state index contributed by atoms with van der Waals surface area (Å²) >= 11 is 0. The van der Waals surface area contributed by atoms with Gasteiger partial charge in [0.2, 0.25) is 0 Å². The van der Waals surface area contributed by atoms with E-state index in [1.807, 2.05) is 6.33 Å². The molecule has 0 bridgehead atoms. The van der Waals surface area contributed by atoms with Crippen LogP contribution in [-0.4, -0.2) is 37.9 Å². The summed E-state index contributed by atoms with van der Waals surface area (Å²) in [5, 5.41) is 12.5. The van der Waals surface area contributed by atoms with Crippen LogP contribution in [0.1, 0.15) is 49.7 Å². The SMILES string of the molecule is CCc1nocc1CN1CCCC(c2nncn2CC)C1. The van der Waals surface area contributed by atoms with Crippen LogP contribution in [0.25, 0.3) is 0 Å². The Morgan fingerprint density at radius 1 is 1.38 bits per heavy atom. The second-order valence-corrected chi connectivity index (χ2v) is 5.69. The summed E-state index contributed by atoms with van der Waals surface area (Å²) in [7, 11) is 0. The van der Waals surface area contributed by atoms with Crippen molar-refractivity contribution >= 4 is 0 Å². The lowest BCUT2D eigenvalue weighted by Crippen LogP contribution is -2.35. The molecule has 1 fully saturated rings. The van der Waals surface area contributed by atoms with Crippen LogP contribution >= 0.6 is 0 Å². The molecule has 0 aromatic carbocycles. The summed E-state index contributed by atoms with van der Waals surface area (Å²) in [6.45, 7) is 8.27. The van der Waals surface area contributed by atoms with Gasteiger partial charge in [-0.2, -0.15) is 0 Å². The first-order valence-electron chi connectivity index (χ1n) is 7.84. The van der Waals surface area contributed by atoms with Gasteiger partial charge >= 0.3 is 0 Å². The third kappa shape index (κ3) is 3.00. The fourth-order valence-corrected chi connectivity index (χ4v) is 3.17. The maximum atomic E-state index is 5.11. The second kappa shape index (κ2) is 6.39. The number of nitrogens with zero attached hydrogens (tertiary/aromatic N) is 5. The van der Waals surface area contributed by atoms with E-state index >= 15 is 0 Å². The molecule has 0 aliphatic carbocycles. The number of aryl methyl sites for hydroxylation is 2. The molecular formula is C15H23N5O. The maximum absolute atomic E-state index is 5.11. The van der Waals surface area contributed by atoms with E-state index in [9.17, 15) is 0 Å². The van der Waals surface area contributed by atoms with Gasteiger partial charge in [0.1, 0.15) is 18.4 Å². The Hall–Kier alpha value is -1.69. The van der Waals surface area contributed by atoms with Crippen molar-refractivity contribution in [2.24, 2.45) is 0 Å². The van der Waals surface area contributed by atoms with Crippen molar-refractivity contribution in [2.75, 3.05) is 13.1 Å². The van der Waals surface area contributed by atoms with Gasteiger partial charge in [-0.1, -0.05) is 12.1 Å². The van der Waals surface area contributed by atoms with Crippen molar-refractivity contribution in [1.29, 1.82) is 0 Å². The fourth-order valence-electron chi connectivity index (χ4n) is 3.17. The van der Waals surface area contributed by atoms with Crippen molar-refractivity contribution < 1.29 is 4.52 Å². The topological polar surface area (TPSA) is 60.0 Å². The minimum absolute atomic E-state index is 0.478. The molecule has 1 aliphatic rings. The fraction of sp³-hybridized carbons (Fsp3) is 0.667.